The van der Waals surface area contributed by atoms with Gasteiger partial charge in [0.25, 0.3) is 5.91 Å². The van der Waals surface area contributed by atoms with Gasteiger partial charge in [-0.1, -0.05) is 11.6 Å². The molecule has 0 radical (unpaired) electrons. The van der Waals surface area contributed by atoms with Gasteiger partial charge >= 0.3 is 0 Å². The zero-order chi connectivity index (χ0) is 18.4. The predicted octanol–water partition coefficient (Wildman–Crippen LogP) is 3.46. The lowest BCUT2D eigenvalue weighted by Crippen LogP contribution is -2.20. The number of benzene rings is 2. The zero-order valence-corrected chi connectivity index (χ0v) is 14.3. The minimum Gasteiger partial charge on any atom is -0.495 e. The lowest BCUT2D eigenvalue weighted by atomic mass is 10.2. The monoisotopic (exact) mass is 366 g/mol. The number of carbonyl (C=O) groups is 2. The van der Waals surface area contributed by atoms with E-state index >= 15 is 0 Å². The summed E-state index contributed by atoms with van der Waals surface area (Å²) in [7, 11) is 1.46. The molecule has 132 valence electrons. The fraction of sp³-hybridized carbons (Fsp3) is 0.176. The van der Waals surface area contributed by atoms with Crippen LogP contribution in [0.4, 0.5) is 15.8 Å². The van der Waals surface area contributed by atoms with Crippen molar-refractivity contribution in [2.24, 2.45) is 0 Å². The van der Waals surface area contributed by atoms with Gasteiger partial charge in [-0.25, -0.2) is 4.39 Å². The van der Waals surface area contributed by atoms with Crippen molar-refractivity contribution in [3.63, 3.8) is 0 Å². The molecule has 0 atom stereocenters. The van der Waals surface area contributed by atoms with E-state index in [2.05, 4.69) is 10.6 Å². The molecule has 0 saturated heterocycles. The Morgan fingerprint density at radius 2 is 1.84 bits per heavy atom. The second kappa shape index (κ2) is 8.34. The maximum absolute atomic E-state index is 13.0. The van der Waals surface area contributed by atoms with Crippen molar-refractivity contribution in [3.05, 3.63) is 47.2 Å². The van der Waals surface area contributed by atoms with Crippen LogP contribution in [0.1, 0.15) is 6.92 Å². The highest BCUT2D eigenvalue weighted by Gasteiger charge is 2.11. The van der Waals surface area contributed by atoms with Crippen LogP contribution < -0.4 is 20.1 Å². The Morgan fingerprint density at radius 1 is 1.12 bits per heavy atom. The summed E-state index contributed by atoms with van der Waals surface area (Å²) < 4.78 is 23.4. The molecule has 6 nitrogen and oxygen atoms in total. The third-order valence-electron chi connectivity index (χ3n) is 3.05. The van der Waals surface area contributed by atoms with Gasteiger partial charge in [-0.05, 0) is 36.4 Å². The third kappa shape index (κ3) is 5.36. The van der Waals surface area contributed by atoms with Crippen molar-refractivity contribution in [3.8, 4) is 11.5 Å². The van der Waals surface area contributed by atoms with Gasteiger partial charge in [0.15, 0.2) is 6.61 Å². The SMILES string of the molecule is COc1ccc(NC(C)=O)cc1NC(=O)COc1ccc(F)cc1Cl. The number of anilines is 2. The highest BCUT2D eigenvalue weighted by atomic mass is 35.5. The average molecular weight is 367 g/mol. The molecule has 0 fully saturated rings. The summed E-state index contributed by atoms with van der Waals surface area (Å²) in [6.07, 6.45) is 0. The Balaban J connectivity index is 2.04. The van der Waals surface area contributed by atoms with E-state index < -0.39 is 11.7 Å². The lowest BCUT2D eigenvalue weighted by Gasteiger charge is -2.13. The molecular weight excluding hydrogens is 351 g/mol. The molecule has 25 heavy (non-hydrogen) atoms. The highest BCUT2D eigenvalue weighted by molar-refractivity contribution is 6.32. The topological polar surface area (TPSA) is 76.7 Å². The van der Waals surface area contributed by atoms with E-state index in [1.54, 1.807) is 18.2 Å². The van der Waals surface area contributed by atoms with E-state index in [0.29, 0.717) is 17.1 Å². The van der Waals surface area contributed by atoms with Gasteiger partial charge in [-0.15, -0.1) is 0 Å². The summed E-state index contributed by atoms with van der Waals surface area (Å²) in [5.41, 5.74) is 0.874. The Kier molecular flexibility index (Phi) is 6.19. The van der Waals surface area contributed by atoms with E-state index in [0.717, 1.165) is 6.07 Å². The maximum Gasteiger partial charge on any atom is 0.262 e. The average Bonchev–Trinajstić information content (AvgIpc) is 2.54. The molecule has 0 heterocycles. The molecule has 0 unspecified atom stereocenters. The van der Waals surface area contributed by atoms with Crippen LogP contribution in [-0.4, -0.2) is 25.5 Å². The maximum atomic E-state index is 13.0. The predicted molar refractivity (Wildman–Crippen MR) is 92.8 cm³/mol. The molecule has 2 amide bonds. The van der Waals surface area contributed by atoms with Gasteiger partial charge in [0.1, 0.15) is 17.3 Å². The molecule has 8 heteroatoms. The fourth-order valence-electron chi connectivity index (χ4n) is 2.01. The number of nitrogens with one attached hydrogen (secondary N) is 2. The second-order valence-corrected chi connectivity index (χ2v) is 5.42. The number of carbonyl (C=O) groups excluding carboxylic acids is 2. The highest BCUT2D eigenvalue weighted by Crippen LogP contribution is 2.28. The smallest absolute Gasteiger partial charge is 0.262 e. The van der Waals surface area contributed by atoms with Crippen LogP contribution in [0.25, 0.3) is 0 Å². The normalized spacial score (nSPS) is 10.1. The first kappa shape index (κ1) is 18.5. The molecule has 2 aromatic carbocycles. The van der Waals surface area contributed by atoms with Crippen LogP contribution in [0, 0.1) is 5.82 Å². The Hall–Kier alpha value is -2.80. The summed E-state index contributed by atoms with van der Waals surface area (Å²) in [6, 6.07) is 8.42. The van der Waals surface area contributed by atoms with Crippen LogP contribution in [0.5, 0.6) is 11.5 Å². The number of halogens is 2. The molecule has 0 spiro atoms. The van der Waals surface area contributed by atoms with Gasteiger partial charge in [0.2, 0.25) is 5.91 Å². The number of ether oxygens (including phenoxy) is 2. The number of rotatable bonds is 6. The molecule has 0 aliphatic carbocycles. The van der Waals surface area contributed by atoms with Crippen LogP contribution >= 0.6 is 11.6 Å². The lowest BCUT2D eigenvalue weighted by molar-refractivity contribution is -0.118. The molecule has 2 aromatic rings. The fourth-order valence-corrected chi connectivity index (χ4v) is 2.23. The van der Waals surface area contributed by atoms with E-state index in [1.165, 1.54) is 26.2 Å². The van der Waals surface area contributed by atoms with E-state index in [9.17, 15) is 14.0 Å². The standard InChI is InChI=1S/C17H16ClFN2O4/c1-10(22)20-12-4-6-16(24-2)14(8-12)21-17(23)9-25-15-5-3-11(19)7-13(15)18/h3-8H,9H2,1-2H3,(H,20,22)(H,21,23). The van der Waals surface area contributed by atoms with Gasteiger partial charge in [-0.3, -0.25) is 9.59 Å². The van der Waals surface area contributed by atoms with Crippen molar-refractivity contribution in [1.29, 1.82) is 0 Å². The van der Waals surface area contributed by atoms with Crippen LogP contribution in [0.15, 0.2) is 36.4 Å². The summed E-state index contributed by atoms with van der Waals surface area (Å²) in [6.45, 7) is 1.04. The van der Waals surface area contributed by atoms with Crippen molar-refractivity contribution in [2.75, 3.05) is 24.4 Å². The number of amides is 2. The van der Waals surface area contributed by atoms with E-state index in [-0.39, 0.29) is 23.3 Å². The largest absolute Gasteiger partial charge is 0.495 e. The first-order valence-electron chi connectivity index (χ1n) is 7.22. The number of hydrogen-bond donors (Lipinski definition) is 2. The van der Waals surface area contributed by atoms with Crippen LogP contribution in [-0.2, 0) is 9.59 Å². The van der Waals surface area contributed by atoms with E-state index in [4.69, 9.17) is 21.1 Å². The van der Waals surface area contributed by atoms with Crippen molar-refractivity contribution < 1.29 is 23.5 Å². The Bertz CT molecular complexity index is 798. The van der Waals surface area contributed by atoms with Gasteiger partial charge in [0, 0.05) is 12.6 Å². The summed E-state index contributed by atoms with van der Waals surface area (Å²) in [5, 5.41) is 5.30. The molecule has 2 N–H and O–H groups in total. The molecule has 0 bridgehead atoms. The molecule has 2 rings (SSSR count). The first-order valence-corrected chi connectivity index (χ1v) is 7.60. The minimum absolute atomic E-state index is 0.0676. The van der Waals surface area contributed by atoms with Crippen molar-refractivity contribution in [1.82, 2.24) is 0 Å². The summed E-state index contributed by atoms with van der Waals surface area (Å²) in [4.78, 5) is 23.2. The summed E-state index contributed by atoms with van der Waals surface area (Å²) >= 11 is 5.83. The van der Waals surface area contributed by atoms with Crippen LogP contribution in [0.2, 0.25) is 5.02 Å². The molecule has 0 aromatic heterocycles. The van der Waals surface area contributed by atoms with Crippen molar-refractivity contribution >= 4 is 34.8 Å². The number of methoxy groups -OCH3 is 1. The van der Waals surface area contributed by atoms with E-state index in [1.807, 2.05) is 0 Å². The summed E-state index contributed by atoms with van der Waals surface area (Å²) in [5.74, 6) is -0.601. The first-order chi connectivity index (χ1) is 11.9. The third-order valence-corrected chi connectivity index (χ3v) is 3.34. The van der Waals surface area contributed by atoms with Gasteiger partial charge in [-0.2, -0.15) is 0 Å². The Labute approximate surface area is 148 Å². The minimum atomic E-state index is -0.499. The second-order valence-electron chi connectivity index (χ2n) is 5.01. The van der Waals surface area contributed by atoms with Gasteiger partial charge < -0.3 is 20.1 Å². The Morgan fingerprint density at radius 3 is 2.48 bits per heavy atom. The molecular formula is C17H16ClFN2O4. The molecule has 0 aliphatic heterocycles. The number of hydrogen-bond acceptors (Lipinski definition) is 4. The molecule has 0 aliphatic rings. The van der Waals surface area contributed by atoms with Crippen molar-refractivity contribution in [2.45, 2.75) is 6.92 Å². The molecule has 0 saturated carbocycles. The zero-order valence-electron chi connectivity index (χ0n) is 13.6. The van der Waals surface area contributed by atoms with Gasteiger partial charge in [0.05, 0.1) is 17.8 Å². The quantitative estimate of drug-likeness (QED) is 0.820. The van der Waals surface area contributed by atoms with Crippen LogP contribution in [0.3, 0.4) is 0 Å².